The molecule has 1 unspecified atom stereocenters. The second kappa shape index (κ2) is 5.70. The van der Waals surface area contributed by atoms with Crippen molar-refractivity contribution in [1.29, 1.82) is 5.26 Å². The van der Waals surface area contributed by atoms with Gasteiger partial charge < -0.3 is 5.32 Å². The van der Waals surface area contributed by atoms with Gasteiger partial charge in [-0.3, -0.25) is 4.79 Å². The lowest BCUT2D eigenvalue weighted by atomic mass is 10.1. The number of hydrogen-bond acceptors (Lipinski definition) is 4. The predicted molar refractivity (Wildman–Crippen MR) is 54.7 cm³/mol. The lowest BCUT2D eigenvalue weighted by Crippen LogP contribution is -2.21. The molecule has 5 heteroatoms. The Kier molecular flexibility index (Phi) is 4.23. The first-order valence-corrected chi connectivity index (χ1v) is 4.73. The molecule has 0 fully saturated rings. The largest absolute Gasteiger partial charge is 0.322 e. The molecule has 1 aromatic heterocycles. The van der Waals surface area contributed by atoms with Crippen LogP contribution in [0.5, 0.6) is 0 Å². The molecule has 0 spiro atoms. The molecule has 1 aromatic rings. The van der Waals surface area contributed by atoms with Gasteiger partial charge in [0.25, 0.3) is 0 Å². The van der Waals surface area contributed by atoms with E-state index in [1.165, 1.54) is 18.7 Å². The van der Waals surface area contributed by atoms with Crippen LogP contribution < -0.4 is 5.32 Å². The molecular weight excluding hydrogens is 192 g/mol. The Morgan fingerprint density at radius 1 is 1.60 bits per heavy atom. The Hall–Kier alpha value is -1.96. The number of carbonyl (C=O) groups excluding carboxylic acids is 1. The maximum atomic E-state index is 11.5. The summed E-state index contributed by atoms with van der Waals surface area (Å²) in [6.45, 7) is 1.93. The number of anilines is 1. The average Bonchev–Trinajstić information content (AvgIpc) is 2.27. The second-order valence-corrected chi connectivity index (χ2v) is 3.09. The summed E-state index contributed by atoms with van der Waals surface area (Å²) in [7, 11) is 0. The van der Waals surface area contributed by atoms with Crippen molar-refractivity contribution in [3.63, 3.8) is 0 Å². The fourth-order valence-corrected chi connectivity index (χ4v) is 1.14. The quantitative estimate of drug-likeness (QED) is 0.803. The molecule has 5 nitrogen and oxygen atoms in total. The molecule has 1 atom stereocenters. The van der Waals surface area contributed by atoms with E-state index in [1.807, 2.05) is 13.0 Å². The van der Waals surface area contributed by atoms with Gasteiger partial charge in [-0.25, -0.2) is 9.97 Å². The van der Waals surface area contributed by atoms with Gasteiger partial charge in [-0.15, -0.1) is 0 Å². The first-order chi connectivity index (χ1) is 7.27. The van der Waals surface area contributed by atoms with Crippen molar-refractivity contribution in [3.05, 3.63) is 18.7 Å². The third kappa shape index (κ3) is 3.35. The number of amides is 1. The second-order valence-electron chi connectivity index (χ2n) is 3.09. The van der Waals surface area contributed by atoms with Gasteiger partial charge in [0.2, 0.25) is 5.91 Å². The highest BCUT2D eigenvalue weighted by molar-refractivity contribution is 5.93. The summed E-state index contributed by atoms with van der Waals surface area (Å²) < 4.78 is 0. The maximum Gasteiger partial charge on any atom is 0.241 e. The fourth-order valence-electron chi connectivity index (χ4n) is 1.14. The van der Waals surface area contributed by atoms with Crippen molar-refractivity contribution in [2.24, 2.45) is 5.92 Å². The van der Waals surface area contributed by atoms with E-state index >= 15 is 0 Å². The first-order valence-electron chi connectivity index (χ1n) is 4.73. The van der Waals surface area contributed by atoms with Gasteiger partial charge in [0, 0.05) is 0 Å². The van der Waals surface area contributed by atoms with E-state index in [1.54, 1.807) is 0 Å². The number of rotatable bonds is 4. The van der Waals surface area contributed by atoms with Crippen LogP contribution in [0.2, 0.25) is 0 Å². The molecule has 15 heavy (non-hydrogen) atoms. The highest BCUT2D eigenvalue weighted by Crippen LogP contribution is 2.09. The van der Waals surface area contributed by atoms with E-state index in [-0.39, 0.29) is 5.91 Å². The minimum absolute atomic E-state index is 0.297. The molecule has 1 N–H and O–H groups in total. The Morgan fingerprint density at radius 3 is 2.80 bits per heavy atom. The van der Waals surface area contributed by atoms with E-state index in [9.17, 15) is 4.79 Å². The third-order valence-corrected chi connectivity index (χ3v) is 1.88. The van der Waals surface area contributed by atoms with Crippen molar-refractivity contribution >= 4 is 11.6 Å². The molecule has 78 valence electrons. The average molecular weight is 204 g/mol. The molecule has 1 heterocycles. The zero-order valence-corrected chi connectivity index (χ0v) is 8.47. The van der Waals surface area contributed by atoms with Crippen molar-refractivity contribution in [3.8, 4) is 6.07 Å². The van der Waals surface area contributed by atoms with Gasteiger partial charge in [0.1, 0.15) is 12.2 Å². The Balaban J connectivity index is 2.59. The van der Waals surface area contributed by atoms with Crippen LogP contribution >= 0.6 is 0 Å². The van der Waals surface area contributed by atoms with E-state index in [4.69, 9.17) is 5.26 Å². The van der Waals surface area contributed by atoms with Crippen molar-refractivity contribution < 1.29 is 4.79 Å². The number of nitrogens with one attached hydrogen (secondary N) is 1. The van der Waals surface area contributed by atoms with Crippen LogP contribution in [-0.4, -0.2) is 15.9 Å². The van der Waals surface area contributed by atoms with Gasteiger partial charge in [0.15, 0.2) is 0 Å². The Morgan fingerprint density at radius 2 is 2.27 bits per heavy atom. The molecular formula is C10H12N4O. The van der Waals surface area contributed by atoms with Crippen LogP contribution in [0.25, 0.3) is 0 Å². The SMILES string of the molecule is CCCC(C#N)C(=O)Nc1cncnc1. The zero-order chi connectivity index (χ0) is 11.1. The standard InChI is InChI=1S/C10H12N4O/c1-2-3-8(4-11)10(15)14-9-5-12-7-13-6-9/h5-8H,2-3H2,1H3,(H,14,15). The minimum atomic E-state index is -0.602. The van der Waals surface area contributed by atoms with Gasteiger partial charge in [0.05, 0.1) is 24.2 Å². The maximum absolute atomic E-state index is 11.5. The molecule has 0 bridgehead atoms. The highest BCUT2D eigenvalue weighted by atomic mass is 16.1. The molecule has 0 saturated heterocycles. The molecule has 0 aliphatic rings. The van der Waals surface area contributed by atoms with Crippen molar-refractivity contribution in [2.75, 3.05) is 5.32 Å². The number of nitriles is 1. The van der Waals surface area contributed by atoms with E-state index in [0.29, 0.717) is 12.1 Å². The summed E-state index contributed by atoms with van der Waals surface area (Å²) in [6, 6.07) is 1.97. The summed E-state index contributed by atoms with van der Waals surface area (Å²) in [6.07, 6.45) is 5.73. The summed E-state index contributed by atoms with van der Waals surface area (Å²) >= 11 is 0. The number of carbonyl (C=O) groups is 1. The minimum Gasteiger partial charge on any atom is -0.322 e. The summed E-state index contributed by atoms with van der Waals surface area (Å²) in [5, 5.41) is 11.4. The third-order valence-electron chi connectivity index (χ3n) is 1.88. The van der Waals surface area contributed by atoms with E-state index in [2.05, 4.69) is 15.3 Å². The molecule has 1 amide bonds. The van der Waals surface area contributed by atoms with Crippen LogP contribution in [0.4, 0.5) is 5.69 Å². The Labute approximate surface area is 88.2 Å². The van der Waals surface area contributed by atoms with Crippen molar-refractivity contribution in [1.82, 2.24) is 9.97 Å². The smallest absolute Gasteiger partial charge is 0.241 e. The van der Waals surface area contributed by atoms with E-state index in [0.717, 1.165) is 6.42 Å². The van der Waals surface area contributed by atoms with Crippen LogP contribution in [0.15, 0.2) is 18.7 Å². The fraction of sp³-hybridized carbons (Fsp3) is 0.400. The summed E-state index contributed by atoms with van der Waals surface area (Å²) in [4.78, 5) is 19.1. The summed E-state index contributed by atoms with van der Waals surface area (Å²) in [5.41, 5.74) is 0.513. The number of aromatic nitrogens is 2. The zero-order valence-electron chi connectivity index (χ0n) is 8.47. The predicted octanol–water partition coefficient (Wildman–Crippen LogP) is 1.35. The molecule has 0 aliphatic carbocycles. The van der Waals surface area contributed by atoms with Crippen LogP contribution in [-0.2, 0) is 4.79 Å². The highest BCUT2D eigenvalue weighted by Gasteiger charge is 2.16. The van der Waals surface area contributed by atoms with Gasteiger partial charge in [-0.2, -0.15) is 5.26 Å². The molecule has 1 rings (SSSR count). The van der Waals surface area contributed by atoms with Crippen LogP contribution in [0.3, 0.4) is 0 Å². The normalized spacial score (nSPS) is 11.5. The van der Waals surface area contributed by atoms with Gasteiger partial charge >= 0.3 is 0 Å². The monoisotopic (exact) mass is 204 g/mol. The first kappa shape index (κ1) is 11.1. The number of hydrogen-bond donors (Lipinski definition) is 1. The Bertz CT molecular complexity index is 357. The lowest BCUT2D eigenvalue weighted by molar-refractivity contribution is -0.118. The molecule has 0 aromatic carbocycles. The van der Waals surface area contributed by atoms with Crippen LogP contribution in [0, 0.1) is 17.2 Å². The molecule has 0 aliphatic heterocycles. The van der Waals surface area contributed by atoms with E-state index < -0.39 is 5.92 Å². The van der Waals surface area contributed by atoms with Gasteiger partial charge in [-0.1, -0.05) is 13.3 Å². The number of nitrogens with zero attached hydrogens (tertiary/aromatic N) is 3. The van der Waals surface area contributed by atoms with Crippen molar-refractivity contribution in [2.45, 2.75) is 19.8 Å². The topological polar surface area (TPSA) is 78.7 Å². The van der Waals surface area contributed by atoms with Crippen LogP contribution in [0.1, 0.15) is 19.8 Å². The molecule has 0 radical (unpaired) electrons. The van der Waals surface area contributed by atoms with Gasteiger partial charge in [-0.05, 0) is 6.42 Å². The lowest BCUT2D eigenvalue weighted by Gasteiger charge is -2.07. The molecule has 0 saturated carbocycles. The summed E-state index contributed by atoms with van der Waals surface area (Å²) in [5.74, 6) is -0.899.